The summed E-state index contributed by atoms with van der Waals surface area (Å²) in [6.07, 6.45) is 3.21. The minimum atomic E-state index is -0.549. The van der Waals surface area contributed by atoms with Crippen LogP contribution in [-0.4, -0.2) is 19.2 Å². The van der Waals surface area contributed by atoms with Crippen LogP contribution in [0.25, 0.3) is 0 Å². The van der Waals surface area contributed by atoms with Crippen molar-refractivity contribution in [3.05, 3.63) is 94.4 Å². The zero-order valence-corrected chi connectivity index (χ0v) is 22.0. The molecule has 2 N–H and O–H groups in total. The monoisotopic (exact) mass is 512 g/mol. The molecular weight excluding hydrogens is 480 g/mol. The number of hydrogen-bond acceptors (Lipinski definition) is 7. The maximum Gasteiger partial charge on any atom is 0.349 e. The van der Waals surface area contributed by atoms with Crippen molar-refractivity contribution < 1.29 is 23.7 Å². The number of rotatable bonds is 10. The normalized spacial score (nSPS) is 14.2. The number of hydrogen-bond donors (Lipinski definition) is 1. The molecule has 38 heavy (non-hydrogen) atoms. The van der Waals surface area contributed by atoms with Gasteiger partial charge in [0.05, 0.1) is 12.5 Å². The third-order valence-electron chi connectivity index (χ3n) is 6.53. The molecule has 0 bridgehead atoms. The van der Waals surface area contributed by atoms with Gasteiger partial charge in [0.15, 0.2) is 6.61 Å². The van der Waals surface area contributed by atoms with Gasteiger partial charge in [0.1, 0.15) is 34.6 Å². The highest BCUT2D eigenvalue weighted by Gasteiger charge is 2.31. The topological polar surface area (TPSA) is 104 Å². The first-order valence-corrected chi connectivity index (χ1v) is 12.7. The van der Waals surface area contributed by atoms with Gasteiger partial charge in [-0.25, -0.2) is 4.79 Å². The molecular formula is C31H32N2O5. The largest absolute Gasteiger partial charge is 0.494 e. The number of nitrogens with zero attached hydrogens (tertiary/aromatic N) is 1. The number of ether oxygens (including phenoxy) is 4. The Bertz CT molecular complexity index is 1390. The van der Waals surface area contributed by atoms with Crippen molar-refractivity contribution in [1.29, 1.82) is 5.26 Å². The summed E-state index contributed by atoms with van der Waals surface area (Å²) in [5.41, 5.74) is 10.1. The average Bonchev–Trinajstić information content (AvgIpc) is 2.91. The number of nitrogens with two attached hydrogens (primary N) is 1. The molecule has 0 saturated heterocycles. The van der Waals surface area contributed by atoms with Crippen molar-refractivity contribution in [2.45, 2.75) is 46.0 Å². The van der Waals surface area contributed by atoms with Gasteiger partial charge in [0.2, 0.25) is 5.88 Å². The molecule has 3 aromatic carbocycles. The molecule has 196 valence electrons. The summed E-state index contributed by atoms with van der Waals surface area (Å²) in [5.74, 6) is 1.10. The van der Waals surface area contributed by atoms with Crippen LogP contribution in [-0.2, 0) is 4.79 Å². The number of carbonyl (C=O) groups excluding carboxylic acids is 1. The van der Waals surface area contributed by atoms with Gasteiger partial charge in [0.25, 0.3) is 0 Å². The number of allylic oxidation sites excluding steroid dienone is 1. The van der Waals surface area contributed by atoms with E-state index in [4.69, 9.17) is 24.7 Å². The zero-order chi connectivity index (χ0) is 27.1. The van der Waals surface area contributed by atoms with Crippen LogP contribution in [0.4, 0.5) is 0 Å². The van der Waals surface area contributed by atoms with Gasteiger partial charge in [0, 0.05) is 11.6 Å². The minimum absolute atomic E-state index is 0.0148. The van der Waals surface area contributed by atoms with E-state index in [-0.39, 0.29) is 12.5 Å². The molecule has 1 atom stereocenters. The van der Waals surface area contributed by atoms with Gasteiger partial charge in [-0.15, -0.1) is 0 Å². The van der Waals surface area contributed by atoms with Gasteiger partial charge >= 0.3 is 5.97 Å². The van der Waals surface area contributed by atoms with E-state index in [0.29, 0.717) is 29.4 Å². The van der Waals surface area contributed by atoms with E-state index in [1.807, 2.05) is 56.3 Å². The predicted molar refractivity (Wildman–Crippen MR) is 144 cm³/mol. The van der Waals surface area contributed by atoms with Crippen molar-refractivity contribution in [2.24, 2.45) is 5.73 Å². The number of nitriles is 1. The van der Waals surface area contributed by atoms with E-state index in [2.05, 4.69) is 13.0 Å². The predicted octanol–water partition coefficient (Wildman–Crippen LogP) is 6.08. The Morgan fingerprint density at radius 1 is 1.03 bits per heavy atom. The lowest BCUT2D eigenvalue weighted by Crippen LogP contribution is -2.22. The van der Waals surface area contributed by atoms with Crippen LogP contribution in [0.1, 0.15) is 54.4 Å². The Morgan fingerprint density at radius 2 is 1.84 bits per heavy atom. The van der Waals surface area contributed by atoms with Crippen LogP contribution >= 0.6 is 0 Å². The first kappa shape index (κ1) is 26.6. The van der Waals surface area contributed by atoms with Gasteiger partial charge in [-0.3, -0.25) is 0 Å². The molecule has 0 spiro atoms. The number of fused-ring (bicyclic) bond motifs is 1. The Hall–Kier alpha value is -4.44. The molecule has 1 heterocycles. The van der Waals surface area contributed by atoms with Crippen molar-refractivity contribution in [3.8, 4) is 29.1 Å². The van der Waals surface area contributed by atoms with Crippen LogP contribution in [0.15, 0.2) is 72.1 Å². The molecule has 0 aromatic heterocycles. The average molecular weight is 513 g/mol. The number of benzene rings is 3. The van der Waals surface area contributed by atoms with Crippen LogP contribution in [0.2, 0.25) is 0 Å². The third-order valence-corrected chi connectivity index (χ3v) is 6.53. The molecule has 0 radical (unpaired) electrons. The lowest BCUT2D eigenvalue weighted by Gasteiger charge is -2.27. The van der Waals surface area contributed by atoms with E-state index in [0.717, 1.165) is 47.3 Å². The highest BCUT2D eigenvalue weighted by Crippen LogP contribution is 2.44. The second-order valence-electron chi connectivity index (χ2n) is 9.21. The zero-order valence-electron chi connectivity index (χ0n) is 22.0. The molecule has 1 aliphatic heterocycles. The molecule has 0 aliphatic carbocycles. The molecule has 0 fully saturated rings. The Balaban J connectivity index is 1.52. The lowest BCUT2D eigenvalue weighted by molar-refractivity contribution is -0.136. The lowest BCUT2D eigenvalue weighted by atomic mass is 9.83. The molecule has 4 rings (SSSR count). The summed E-state index contributed by atoms with van der Waals surface area (Å²) in [6, 6.07) is 20.6. The summed E-state index contributed by atoms with van der Waals surface area (Å²) in [5, 5.41) is 9.87. The number of esters is 1. The number of carbonyl (C=O) groups is 1. The summed E-state index contributed by atoms with van der Waals surface area (Å²) in [4.78, 5) is 12.5. The van der Waals surface area contributed by atoms with E-state index < -0.39 is 11.9 Å². The Labute approximate surface area is 223 Å². The van der Waals surface area contributed by atoms with Gasteiger partial charge < -0.3 is 24.7 Å². The highest BCUT2D eigenvalue weighted by molar-refractivity contribution is 5.74. The first-order chi connectivity index (χ1) is 18.4. The van der Waals surface area contributed by atoms with Gasteiger partial charge in [-0.1, -0.05) is 50.1 Å². The number of unbranched alkanes of at least 4 members (excludes halogenated alkanes) is 2. The fourth-order valence-corrected chi connectivity index (χ4v) is 4.35. The van der Waals surface area contributed by atoms with E-state index in [1.54, 1.807) is 18.2 Å². The summed E-state index contributed by atoms with van der Waals surface area (Å²) >= 11 is 0. The Kier molecular flexibility index (Phi) is 8.55. The molecule has 7 heteroatoms. The Morgan fingerprint density at radius 3 is 2.63 bits per heavy atom. The summed E-state index contributed by atoms with van der Waals surface area (Å²) in [7, 11) is 0. The summed E-state index contributed by atoms with van der Waals surface area (Å²) in [6.45, 7) is 6.46. The van der Waals surface area contributed by atoms with Crippen molar-refractivity contribution >= 4 is 5.97 Å². The molecule has 1 unspecified atom stereocenters. The van der Waals surface area contributed by atoms with Crippen LogP contribution in [0.5, 0.6) is 23.0 Å². The SMILES string of the molecule is CCCCCOc1cccc(C2C(C#N)=C(N)Oc3cc(OC(=O)COc4cccc(C)c4C)ccc32)c1. The van der Waals surface area contributed by atoms with Crippen LogP contribution < -0.4 is 24.7 Å². The molecule has 3 aromatic rings. The standard InChI is InChI=1S/C31H32N2O5/c1-4-5-6-15-35-23-11-8-10-22(16-23)30-25-14-13-24(17-28(25)38-31(33)26(30)18-32)37-29(34)19-36-27-12-7-9-20(2)21(27)3/h7-14,16-17,30H,4-6,15,19,33H2,1-3H3. The van der Waals surface area contributed by atoms with Crippen LogP contribution in [0.3, 0.4) is 0 Å². The highest BCUT2D eigenvalue weighted by atomic mass is 16.6. The number of aryl methyl sites for hydroxylation is 1. The van der Waals surface area contributed by atoms with E-state index in [9.17, 15) is 10.1 Å². The van der Waals surface area contributed by atoms with Crippen molar-refractivity contribution in [1.82, 2.24) is 0 Å². The quantitative estimate of drug-likeness (QED) is 0.200. The second kappa shape index (κ2) is 12.2. The van der Waals surface area contributed by atoms with Gasteiger partial charge in [-0.05, 0) is 61.2 Å². The minimum Gasteiger partial charge on any atom is -0.494 e. The molecule has 1 aliphatic rings. The summed E-state index contributed by atoms with van der Waals surface area (Å²) < 4.78 is 22.9. The molecule has 0 amide bonds. The second-order valence-corrected chi connectivity index (χ2v) is 9.21. The fraction of sp³-hybridized carbons (Fsp3) is 0.290. The molecule has 0 saturated carbocycles. The smallest absolute Gasteiger partial charge is 0.349 e. The third kappa shape index (κ3) is 6.09. The maximum atomic E-state index is 12.5. The van der Waals surface area contributed by atoms with Gasteiger partial charge in [-0.2, -0.15) is 5.26 Å². The van der Waals surface area contributed by atoms with E-state index >= 15 is 0 Å². The molecule has 7 nitrogen and oxygen atoms in total. The first-order valence-electron chi connectivity index (χ1n) is 12.7. The fourth-order valence-electron chi connectivity index (χ4n) is 4.35. The maximum absolute atomic E-state index is 12.5. The van der Waals surface area contributed by atoms with Crippen molar-refractivity contribution in [3.63, 3.8) is 0 Å². The van der Waals surface area contributed by atoms with E-state index in [1.165, 1.54) is 0 Å². The van der Waals surface area contributed by atoms with Crippen molar-refractivity contribution in [2.75, 3.05) is 13.2 Å². The van der Waals surface area contributed by atoms with Crippen LogP contribution in [0, 0.1) is 25.2 Å².